The Labute approximate surface area is 169 Å². The molecule has 0 bridgehead atoms. The highest BCUT2D eigenvalue weighted by molar-refractivity contribution is 7.89. The van der Waals surface area contributed by atoms with Crippen LogP contribution in [0.4, 0.5) is 0 Å². The predicted molar refractivity (Wildman–Crippen MR) is 106 cm³/mol. The molecule has 148 valence electrons. The lowest BCUT2D eigenvalue weighted by atomic mass is 9.98. The van der Waals surface area contributed by atoms with Crippen molar-refractivity contribution in [3.8, 4) is 5.75 Å². The molecule has 0 unspecified atom stereocenters. The zero-order chi connectivity index (χ0) is 19.9. The minimum atomic E-state index is -3.69. The first-order valence-corrected chi connectivity index (χ1v) is 11.1. The number of benzene rings is 2. The number of nitrogens with zero attached hydrogens (tertiary/aromatic N) is 2. The molecule has 1 N–H and O–H groups in total. The van der Waals surface area contributed by atoms with Crippen molar-refractivity contribution in [3.05, 3.63) is 58.6 Å². The maximum absolute atomic E-state index is 13.0. The Morgan fingerprint density at radius 1 is 1.04 bits per heavy atom. The van der Waals surface area contributed by atoms with Gasteiger partial charge in [-0.2, -0.15) is 4.31 Å². The number of carbonyl (C=O) groups excluding carboxylic acids is 1. The Hall–Kier alpha value is -2.09. The van der Waals surface area contributed by atoms with Crippen molar-refractivity contribution in [3.63, 3.8) is 0 Å². The van der Waals surface area contributed by atoms with Crippen molar-refractivity contribution in [2.24, 2.45) is 0 Å². The van der Waals surface area contributed by atoms with Crippen LogP contribution >= 0.6 is 11.6 Å². The lowest BCUT2D eigenvalue weighted by molar-refractivity contribution is -0.134. The first kappa shape index (κ1) is 19.2. The number of amides is 1. The van der Waals surface area contributed by atoms with Crippen LogP contribution in [0.25, 0.3) is 0 Å². The van der Waals surface area contributed by atoms with Gasteiger partial charge in [-0.3, -0.25) is 4.79 Å². The van der Waals surface area contributed by atoms with E-state index in [2.05, 4.69) is 0 Å². The van der Waals surface area contributed by atoms with Gasteiger partial charge in [0, 0.05) is 31.7 Å². The molecule has 2 aromatic rings. The summed E-state index contributed by atoms with van der Waals surface area (Å²) < 4.78 is 27.1. The van der Waals surface area contributed by atoms with Crippen LogP contribution in [0.15, 0.2) is 47.4 Å². The zero-order valence-electron chi connectivity index (χ0n) is 15.2. The van der Waals surface area contributed by atoms with Crippen molar-refractivity contribution in [2.45, 2.75) is 23.7 Å². The largest absolute Gasteiger partial charge is 0.508 e. The second-order valence-corrected chi connectivity index (χ2v) is 9.41. The summed E-state index contributed by atoms with van der Waals surface area (Å²) in [6.07, 6.45) is 1.44. The number of aryl methyl sites for hydroxylation is 1. The molecule has 1 amide bonds. The summed E-state index contributed by atoms with van der Waals surface area (Å²) in [7, 11) is -3.69. The Bertz CT molecular complexity index is 1020. The minimum Gasteiger partial charge on any atom is -0.508 e. The summed E-state index contributed by atoms with van der Waals surface area (Å²) in [5, 5.41) is 10.4. The maximum Gasteiger partial charge on any atom is 0.244 e. The fourth-order valence-electron chi connectivity index (χ4n) is 4.07. The van der Waals surface area contributed by atoms with Crippen LogP contribution < -0.4 is 0 Å². The van der Waals surface area contributed by atoms with E-state index in [4.69, 9.17) is 11.6 Å². The molecule has 1 fully saturated rings. The van der Waals surface area contributed by atoms with Crippen molar-refractivity contribution < 1.29 is 18.3 Å². The summed E-state index contributed by atoms with van der Waals surface area (Å²) in [5.74, 6) is -0.244. The highest BCUT2D eigenvalue weighted by Gasteiger charge is 2.37. The molecule has 1 saturated heterocycles. The summed E-state index contributed by atoms with van der Waals surface area (Å²) in [6, 6.07) is 11.7. The lowest BCUT2D eigenvalue weighted by Crippen LogP contribution is -2.51. The highest BCUT2D eigenvalue weighted by Crippen LogP contribution is 2.40. The van der Waals surface area contributed by atoms with Crippen molar-refractivity contribution in [1.82, 2.24) is 9.21 Å². The van der Waals surface area contributed by atoms with Gasteiger partial charge in [0.1, 0.15) is 10.6 Å². The number of phenolic OH excluding ortho intramolecular Hbond substituents is 1. The number of phenols is 1. The number of rotatable bonds is 3. The first-order chi connectivity index (χ1) is 13.4. The fourth-order valence-corrected chi connectivity index (χ4v) is 5.99. The van der Waals surface area contributed by atoms with Gasteiger partial charge in [-0.1, -0.05) is 35.9 Å². The molecule has 0 aromatic heterocycles. The van der Waals surface area contributed by atoms with Gasteiger partial charge < -0.3 is 10.0 Å². The predicted octanol–water partition coefficient (Wildman–Crippen LogP) is 2.61. The Morgan fingerprint density at radius 3 is 2.46 bits per heavy atom. The van der Waals surface area contributed by atoms with Crippen LogP contribution in [0.5, 0.6) is 5.75 Å². The SMILES string of the molecule is O=C([C@@H]1CCc2cccc(O)c21)N1CCN(S(=O)(=O)c2ccccc2Cl)CC1. The molecule has 6 nitrogen and oxygen atoms in total. The zero-order valence-corrected chi connectivity index (χ0v) is 16.8. The molecule has 2 aliphatic rings. The molecule has 2 aromatic carbocycles. The second-order valence-electron chi connectivity index (χ2n) is 7.10. The van der Waals surface area contributed by atoms with Gasteiger partial charge in [0.05, 0.1) is 10.9 Å². The number of sulfonamides is 1. The van der Waals surface area contributed by atoms with E-state index in [1.54, 1.807) is 35.2 Å². The normalized spacial score (nSPS) is 20.2. The number of fused-ring (bicyclic) bond motifs is 1. The van der Waals surface area contributed by atoms with Gasteiger partial charge in [0.15, 0.2) is 0 Å². The topological polar surface area (TPSA) is 77.9 Å². The van der Waals surface area contributed by atoms with Gasteiger partial charge in [0.25, 0.3) is 0 Å². The molecule has 0 spiro atoms. The third-order valence-electron chi connectivity index (χ3n) is 5.53. The highest BCUT2D eigenvalue weighted by atomic mass is 35.5. The molecular weight excluding hydrogens is 400 g/mol. The van der Waals surface area contributed by atoms with E-state index < -0.39 is 10.0 Å². The van der Waals surface area contributed by atoms with E-state index in [1.165, 1.54) is 10.4 Å². The van der Waals surface area contributed by atoms with Crippen LogP contribution in [0, 0.1) is 0 Å². The lowest BCUT2D eigenvalue weighted by Gasteiger charge is -2.35. The average molecular weight is 421 g/mol. The monoisotopic (exact) mass is 420 g/mol. The van der Waals surface area contributed by atoms with Crippen molar-refractivity contribution in [1.29, 1.82) is 0 Å². The molecule has 4 rings (SSSR count). The van der Waals surface area contributed by atoms with Crippen LogP contribution in [-0.4, -0.2) is 54.8 Å². The standard InChI is InChI=1S/C20H21ClN2O4S/c21-16-5-1-2-7-18(16)28(26,27)23-12-10-22(11-13-23)20(25)15-9-8-14-4-3-6-17(24)19(14)15/h1-7,15,24H,8-13H2/t15-/m1/s1. The van der Waals surface area contributed by atoms with E-state index in [9.17, 15) is 18.3 Å². The van der Waals surface area contributed by atoms with Gasteiger partial charge in [-0.05, 0) is 36.6 Å². The molecule has 0 radical (unpaired) electrons. The molecule has 1 atom stereocenters. The molecule has 1 aliphatic carbocycles. The molecule has 8 heteroatoms. The number of aromatic hydroxyl groups is 1. The van der Waals surface area contributed by atoms with Gasteiger partial charge in [0.2, 0.25) is 15.9 Å². The first-order valence-electron chi connectivity index (χ1n) is 9.24. The molecular formula is C20H21ClN2O4S. The van der Waals surface area contributed by atoms with E-state index in [0.29, 0.717) is 19.5 Å². The van der Waals surface area contributed by atoms with Crippen LogP contribution in [0.1, 0.15) is 23.5 Å². The van der Waals surface area contributed by atoms with E-state index in [-0.39, 0.29) is 40.6 Å². The van der Waals surface area contributed by atoms with Crippen LogP contribution in [0.3, 0.4) is 0 Å². The van der Waals surface area contributed by atoms with Crippen LogP contribution in [0.2, 0.25) is 5.02 Å². The fraction of sp³-hybridized carbons (Fsp3) is 0.350. The quantitative estimate of drug-likeness (QED) is 0.827. The Balaban J connectivity index is 1.47. The van der Waals surface area contributed by atoms with E-state index in [0.717, 1.165) is 17.5 Å². The number of halogens is 1. The van der Waals surface area contributed by atoms with Gasteiger partial charge in [-0.25, -0.2) is 8.42 Å². The third kappa shape index (κ3) is 3.27. The number of carbonyl (C=O) groups is 1. The van der Waals surface area contributed by atoms with Gasteiger partial charge in [-0.15, -0.1) is 0 Å². The number of hydrogen-bond acceptors (Lipinski definition) is 4. The summed E-state index contributed by atoms with van der Waals surface area (Å²) in [4.78, 5) is 14.8. The molecule has 0 saturated carbocycles. The average Bonchev–Trinajstić information content (AvgIpc) is 3.13. The van der Waals surface area contributed by atoms with Crippen molar-refractivity contribution >= 4 is 27.5 Å². The maximum atomic E-state index is 13.0. The molecule has 1 heterocycles. The molecule has 1 aliphatic heterocycles. The summed E-state index contributed by atoms with van der Waals surface area (Å²) in [5.41, 5.74) is 1.73. The summed E-state index contributed by atoms with van der Waals surface area (Å²) in [6.45, 7) is 1.09. The van der Waals surface area contributed by atoms with Crippen LogP contribution in [-0.2, 0) is 21.2 Å². The summed E-state index contributed by atoms with van der Waals surface area (Å²) >= 11 is 6.06. The Morgan fingerprint density at radius 2 is 1.75 bits per heavy atom. The van der Waals surface area contributed by atoms with Crippen molar-refractivity contribution in [2.75, 3.05) is 26.2 Å². The molecule has 28 heavy (non-hydrogen) atoms. The second kappa shape index (κ2) is 7.39. The van der Waals surface area contributed by atoms with E-state index in [1.807, 2.05) is 6.07 Å². The minimum absolute atomic E-state index is 0.0463. The third-order valence-corrected chi connectivity index (χ3v) is 7.93. The number of hydrogen-bond donors (Lipinski definition) is 1. The smallest absolute Gasteiger partial charge is 0.244 e. The van der Waals surface area contributed by atoms with Gasteiger partial charge >= 0.3 is 0 Å². The number of piperazine rings is 1. The van der Waals surface area contributed by atoms with E-state index >= 15 is 0 Å². The Kier molecular flexibility index (Phi) is 5.07.